The average Bonchev–Trinajstić information content (AvgIpc) is 3.16. The number of thiophene rings is 1. The van der Waals surface area contributed by atoms with Crippen molar-refractivity contribution in [2.75, 3.05) is 5.32 Å². The quantitative estimate of drug-likeness (QED) is 0.405. The van der Waals surface area contributed by atoms with Crippen LogP contribution in [0.3, 0.4) is 0 Å². The van der Waals surface area contributed by atoms with E-state index in [1.807, 2.05) is 0 Å². The number of nitrogens with zero attached hydrogens (tertiary/aromatic N) is 2. The van der Waals surface area contributed by atoms with Gasteiger partial charge in [-0.15, -0.1) is 11.3 Å². The van der Waals surface area contributed by atoms with Gasteiger partial charge < -0.3 is 5.32 Å². The fourth-order valence-corrected chi connectivity index (χ4v) is 4.89. The van der Waals surface area contributed by atoms with Crippen molar-refractivity contribution in [3.63, 3.8) is 0 Å². The molecule has 5 rings (SSSR count). The first-order valence-corrected chi connectivity index (χ1v) is 10.5. The zero-order valence-corrected chi connectivity index (χ0v) is 16.6. The van der Waals surface area contributed by atoms with Gasteiger partial charge in [0.1, 0.15) is 22.8 Å². The molecule has 4 aromatic rings. The van der Waals surface area contributed by atoms with Crippen molar-refractivity contribution in [1.29, 1.82) is 0 Å². The highest BCUT2D eigenvalue weighted by molar-refractivity contribution is 7.17. The number of hydrogen-bond acceptors (Lipinski definition) is 4. The summed E-state index contributed by atoms with van der Waals surface area (Å²) in [4.78, 5) is 9.79. The van der Waals surface area contributed by atoms with Crippen LogP contribution in [0.1, 0.15) is 24.0 Å². The van der Waals surface area contributed by atoms with Gasteiger partial charge in [0.05, 0.1) is 10.4 Å². The lowest BCUT2D eigenvalue weighted by Gasteiger charge is -2.16. The Hall–Kier alpha value is -2.50. The largest absolute Gasteiger partial charge is 0.340 e. The number of anilines is 2. The second-order valence-corrected chi connectivity index (χ2v) is 8.26. The molecule has 0 saturated heterocycles. The Morgan fingerprint density at radius 3 is 2.71 bits per heavy atom. The first-order chi connectivity index (χ1) is 13.7. The number of aromatic nitrogens is 2. The van der Waals surface area contributed by atoms with Crippen molar-refractivity contribution in [2.45, 2.75) is 25.7 Å². The van der Waals surface area contributed by atoms with Gasteiger partial charge in [0.25, 0.3) is 0 Å². The summed E-state index contributed by atoms with van der Waals surface area (Å²) in [5.41, 5.74) is 5.89. The molecule has 2 aromatic carbocycles. The highest BCUT2D eigenvalue weighted by atomic mass is 35.5. The van der Waals surface area contributed by atoms with Crippen LogP contribution in [0.15, 0.2) is 48.1 Å². The summed E-state index contributed by atoms with van der Waals surface area (Å²) in [5, 5.41) is 6.46. The molecular weight excluding hydrogens is 393 g/mol. The van der Waals surface area contributed by atoms with Gasteiger partial charge in [0, 0.05) is 16.6 Å². The Bertz CT molecular complexity index is 1190. The standard InChI is InChI=1S/C22H17ClFN3S/c23-18-10-16(7-8-19(18)24)27-21-20-17(11-28-22(20)26-12-25-21)15-6-5-13-3-1-2-4-14(13)9-15/h5-12H,1-4H2,(H,25,26,27). The SMILES string of the molecule is Fc1ccc(Nc2ncnc3scc(-c4ccc5c(c4)CCCC5)c23)cc1Cl. The molecule has 0 radical (unpaired) electrons. The molecule has 0 aliphatic heterocycles. The van der Waals surface area contributed by atoms with Gasteiger partial charge in [-0.25, -0.2) is 14.4 Å². The fourth-order valence-electron chi connectivity index (χ4n) is 3.79. The van der Waals surface area contributed by atoms with Crippen molar-refractivity contribution in [3.8, 4) is 11.1 Å². The van der Waals surface area contributed by atoms with E-state index < -0.39 is 5.82 Å². The number of nitrogens with one attached hydrogen (secondary N) is 1. The first kappa shape index (κ1) is 17.6. The molecule has 1 aliphatic rings. The Labute approximate surface area is 171 Å². The topological polar surface area (TPSA) is 37.8 Å². The first-order valence-electron chi connectivity index (χ1n) is 9.25. The van der Waals surface area contributed by atoms with Crippen LogP contribution in [0.2, 0.25) is 5.02 Å². The number of benzene rings is 2. The Morgan fingerprint density at radius 1 is 1.00 bits per heavy atom. The van der Waals surface area contributed by atoms with Crippen LogP contribution >= 0.6 is 22.9 Å². The van der Waals surface area contributed by atoms with E-state index in [-0.39, 0.29) is 5.02 Å². The molecule has 3 nitrogen and oxygen atoms in total. The Kier molecular flexibility index (Phi) is 4.49. The summed E-state index contributed by atoms with van der Waals surface area (Å²) in [6.45, 7) is 0. The third-order valence-electron chi connectivity index (χ3n) is 5.21. The maximum atomic E-state index is 13.5. The van der Waals surface area contributed by atoms with E-state index >= 15 is 0 Å². The third-order valence-corrected chi connectivity index (χ3v) is 6.39. The molecule has 0 saturated carbocycles. The molecule has 2 aromatic heterocycles. The van der Waals surface area contributed by atoms with Crippen molar-refractivity contribution in [2.24, 2.45) is 0 Å². The smallest absolute Gasteiger partial charge is 0.143 e. The fraction of sp³-hybridized carbons (Fsp3) is 0.182. The minimum Gasteiger partial charge on any atom is -0.340 e. The Morgan fingerprint density at radius 2 is 1.86 bits per heavy atom. The number of hydrogen-bond donors (Lipinski definition) is 1. The highest BCUT2D eigenvalue weighted by Gasteiger charge is 2.16. The molecule has 0 spiro atoms. The van der Waals surface area contributed by atoms with Crippen LogP contribution in [0, 0.1) is 5.82 Å². The van der Waals surface area contributed by atoms with Gasteiger partial charge in [0.2, 0.25) is 0 Å². The highest BCUT2D eigenvalue weighted by Crippen LogP contribution is 2.39. The summed E-state index contributed by atoms with van der Waals surface area (Å²) in [6.07, 6.45) is 6.38. The van der Waals surface area contributed by atoms with Crippen molar-refractivity contribution < 1.29 is 4.39 Å². The molecular formula is C22H17ClFN3S. The summed E-state index contributed by atoms with van der Waals surface area (Å²) in [7, 11) is 0. The van der Waals surface area contributed by atoms with Crippen molar-refractivity contribution >= 4 is 44.7 Å². The number of halogens is 2. The molecule has 0 fully saturated rings. The van der Waals surface area contributed by atoms with E-state index in [0.29, 0.717) is 11.5 Å². The van der Waals surface area contributed by atoms with E-state index in [2.05, 4.69) is 38.9 Å². The normalized spacial score (nSPS) is 13.5. The van der Waals surface area contributed by atoms with E-state index in [1.54, 1.807) is 29.8 Å². The zero-order valence-electron chi connectivity index (χ0n) is 15.0. The third kappa shape index (κ3) is 3.15. The lowest BCUT2D eigenvalue weighted by Crippen LogP contribution is -2.02. The monoisotopic (exact) mass is 409 g/mol. The minimum absolute atomic E-state index is 0.0792. The van der Waals surface area contributed by atoms with Gasteiger partial charge in [-0.3, -0.25) is 0 Å². The van der Waals surface area contributed by atoms with Gasteiger partial charge in [-0.05, 0) is 60.6 Å². The van der Waals surface area contributed by atoms with Crippen LogP contribution in [-0.4, -0.2) is 9.97 Å². The van der Waals surface area contributed by atoms with Crippen LogP contribution in [0.25, 0.3) is 21.3 Å². The maximum absolute atomic E-state index is 13.5. The minimum atomic E-state index is -0.440. The molecule has 0 amide bonds. The van der Waals surface area contributed by atoms with E-state index in [0.717, 1.165) is 22.2 Å². The second-order valence-electron chi connectivity index (χ2n) is 7.00. The van der Waals surface area contributed by atoms with Crippen LogP contribution in [0.5, 0.6) is 0 Å². The van der Waals surface area contributed by atoms with Gasteiger partial charge in [0.15, 0.2) is 0 Å². The Balaban J connectivity index is 1.60. The molecule has 0 unspecified atom stereocenters. The van der Waals surface area contributed by atoms with Crippen LogP contribution < -0.4 is 5.32 Å². The molecule has 1 aliphatic carbocycles. The predicted octanol–water partition coefficient (Wildman–Crippen LogP) is 6.77. The van der Waals surface area contributed by atoms with Gasteiger partial charge >= 0.3 is 0 Å². The van der Waals surface area contributed by atoms with E-state index in [4.69, 9.17) is 11.6 Å². The molecule has 1 N–H and O–H groups in total. The maximum Gasteiger partial charge on any atom is 0.143 e. The second kappa shape index (κ2) is 7.15. The van der Waals surface area contributed by atoms with Crippen LogP contribution in [0.4, 0.5) is 15.9 Å². The van der Waals surface area contributed by atoms with Crippen LogP contribution in [-0.2, 0) is 12.8 Å². The number of rotatable bonds is 3. The number of fused-ring (bicyclic) bond motifs is 2. The summed E-state index contributed by atoms with van der Waals surface area (Å²) in [5.74, 6) is 0.256. The van der Waals surface area contributed by atoms with Gasteiger partial charge in [-0.1, -0.05) is 29.8 Å². The summed E-state index contributed by atoms with van der Waals surface area (Å²) < 4.78 is 13.5. The molecule has 6 heteroatoms. The summed E-state index contributed by atoms with van der Waals surface area (Å²) in [6, 6.07) is 11.3. The molecule has 2 heterocycles. The lowest BCUT2D eigenvalue weighted by molar-refractivity contribution is 0.628. The van der Waals surface area contributed by atoms with E-state index in [9.17, 15) is 4.39 Å². The van der Waals surface area contributed by atoms with Crippen molar-refractivity contribution in [3.05, 3.63) is 70.1 Å². The average molecular weight is 410 g/mol. The molecule has 0 atom stereocenters. The number of aryl methyl sites for hydroxylation is 2. The lowest BCUT2D eigenvalue weighted by atomic mass is 9.89. The molecule has 28 heavy (non-hydrogen) atoms. The van der Waals surface area contributed by atoms with E-state index in [1.165, 1.54) is 42.0 Å². The molecule has 140 valence electrons. The zero-order chi connectivity index (χ0) is 19.1. The summed E-state index contributed by atoms with van der Waals surface area (Å²) >= 11 is 7.53. The predicted molar refractivity (Wildman–Crippen MR) is 114 cm³/mol. The molecule has 0 bridgehead atoms. The van der Waals surface area contributed by atoms with Crippen molar-refractivity contribution in [1.82, 2.24) is 9.97 Å². The van der Waals surface area contributed by atoms with Gasteiger partial charge in [-0.2, -0.15) is 0 Å².